The van der Waals surface area contributed by atoms with E-state index in [2.05, 4.69) is 87.6 Å². The van der Waals surface area contributed by atoms with Gasteiger partial charge in [0.25, 0.3) is 0 Å². The van der Waals surface area contributed by atoms with Crippen LogP contribution >= 0.6 is 0 Å². The van der Waals surface area contributed by atoms with Gasteiger partial charge < -0.3 is 14.2 Å². The fraction of sp³-hybridized carbons (Fsp3) is 0.745. The van der Waals surface area contributed by atoms with Crippen LogP contribution in [0.4, 0.5) is 0 Å². The predicted molar refractivity (Wildman–Crippen MR) is 260 cm³/mol. The molecule has 0 aromatic rings. The van der Waals surface area contributed by atoms with Gasteiger partial charge in [0, 0.05) is 19.4 Å². The van der Waals surface area contributed by atoms with E-state index < -0.39 is 6.10 Å². The SMILES string of the molecule is CC/C=C\C/C=C\C/C=C\C/C=C\C/C=C\C/C=C\CCC(=O)OCC(COCCCCCCCCCCCCCCCCCCCCCC)OC(=O)CCCCCCC. The van der Waals surface area contributed by atoms with Gasteiger partial charge in [-0.3, -0.25) is 9.59 Å². The number of carbonyl (C=O) groups excluding carboxylic acids is 2. The molecule has 0 saturated heterocycles. The van der Waals surface area contributed by atoms with Gasteiger partial charge in [-0.25, -0.2) is 0 Å². The molecule has 346 valence electrons. The summed E-state index contributed by atoms with van der Waals surface area (Å²) in [5.41, 5.74) is 0. The summed E-state index contributed by atoms with van der Waals surface area (Å²) < 4.78 is 17.2. The summed E-state index contributed by atoms with van der Waals surface area (Å²) >= 11 is 0. The molecule has 0 saturated carbocycles. The summed E-state index contributed by atoms with van der Waals surface area (Å²) in [5, 5.41) is 0. The zero-order valence-electron chi connectivity index (χ0n) is 39.7. The van der Waals surface area contributed by atoms with Crippen molar-refractivity contribution >= 4 is 11.9 Å². The molecular weight excluding hydrogens is 741 g/mol. The molecule has 0 radical (unpaired) electrons. The Bertz CT molecular complexity index is 1080. The molecule has 0 aromatic heterocycles. The van der Waals surface area contributed by atoms with Gasteiger partial charge in [0.2, 0.25) is 0 Å². The third-order valence-electron chi connectivity index (χ3n) is 10.8. The van der Waals surface area contributed by atoms with Crippen LogP contribution in [0.2, 0.25) is 0 Å². The molecule has 60 heavy (non-hydrogen) atoms. The number of esters is 2. The lowest BCUT2D eigenvalue weighted by Crippen LogP contribution is -2.30. The predicted octanol–water partition coefficient (Wildman–Crippen LogP) is 17.1. The first-order valence-corrected chi connectivity index (χ1v) is 25.5. The van der Waals surface area contributed by atoms with E-state index in [9.17, 15) is 9.59 Å². The molecule has 0 aliphatic rings. The van der Waals surface area contributed by atoms with Crippen molar-refractivity contribution < 1.29 is 23.8 Å². The molecular formula is C55H96O5. The molecule has 1 atom stereocenters. The highest BCUT2D eigenvalue weighted by molar-refractivity contribution is 5.70. The molecule has 0 N–H and O–H groups in total. The second-order valence-electron chi connectivity index (χ2n) is 16.7. The number of hydrogen-bond donors (Lipinski definition) is 0. The second kappa shape index (κ2) is 50.7. The van der Waals surface area contributed by atoms with Gasteiger partial charge in [0.15, 0.2) is 6.10 Å². The van der Waals surface area contributed by atoms with Gasteiger partial charge in [-0.2, -0.15) is 0 Å². The van der Waals surface area contributed by atoms with Gasteiger partial charge in [-0.15, -0.1) is 0 Å². The summed E-state index contributed by atoms with van der Waals surface area (Å²) in [7, 11) is 0. The van der Waals surface area contributed by atoms with Crippen LogP contribution < -0.4 is 0 Å². The third kappa shape index (κ3) is 48.0. The van der Waals surface area contributed by atoms with Crippen LogP contribution in [0.1, 0.15) is 239 Å². The molecule has 1 unspecified atom stereocenters. The summed E-state index contributed by atoms with van der Waals surface area (Å²) in [6, 6.07) is 0. The molecule has 0 aliphatic carbocycles. The van der Waals surface area contributed by atoms with Gasteiger partial charge >= 0.3 is 11.9 Å². The van der Waals surface area contributed by atoms with Crippen molar-refractivity contribution in [3.8, 4) is 0 Å². The average molecular weight is 837 g/mol. The Labute approximate surface area is 372 Å². The van der Waals surface area contributed by atoms with Crippen molar-refractivity contribution in [3.05, 3.63) is 72.9 Å². The molecule has 5 heteroatoms. The number of unbranched alkanes of at least 4 members (excludes halogenated alkanes) is 23. The Hall–Kier alpha value is -2.66. The van der Waals surface area contributed by atoms with Crippen molar-refractivity contribution in [2.45, 2.75) is 245 Å². The van der Waals surface area contributed by atoms with Crippen LogP contribution in [0.15, 0.2) is 72.9 Å². The van der Waals surface area contributed by atoms with Gasteiger partial charge in [-0.1, -0.05) is 241 Å². The van der Waals surface area contributed by atoms with E-state index in [1.54, 1.807) is 0 Å². The number of carbonyl (C=O) groups is 2. The first-order valence-electron chi connectivity index (χ1n) is 25.5. The van der Waals surface area contributed by atoms with E-state index in [0.29, 0.717) is 25.9 Å². The molecule has 0 rings (SSSR count). The zero-order valence-corrected chi connectivity index (χ0v) is 39.7. The minimum Gasteiger partial charge on any atom is -0.462 e. The largest absolute Gasteiger partial charge is 0.462 e. The Morgan fingerprint density at radius 3 is 1.17 bits per heavy atom. The number of rotatable bonds is 46. The smallest absolute Gasteiger partial charge is 0.306 e. The van der Waals surface area contributed by atoms with Crippen LogP contribution in [-0.4, -0.2) is 37.9 Å². The van der Waals surface area contributed by atoms with Crippen LogP contribution in [0.5, 0.6) is 0 Å². The molecule has 0 heterocycles. The average Bonchev–Trinajstić information content (AvgIpc) is 3.25. The van der Waals surface area contributed by atoms with E-state index in [4.69, 9.17) is 14.2 Å². The standard InChI is InChI=1S/C55H96O5/c1-4-7-10-13-15-17-19-21-23-25-27-29-31-33-35-37-39-41-44-47-50-58-51-53(60-55(57)49-46-42-12-9-6-3)52-59-54(56)48-45-43-40-38-36-34-32-30-28-26-24-22-20-18-16-14-11-8-5-2/h8,11,16,18,22,24,28,30,34,36,40,43,53H,4-7,9-10,12-15,17,19-21,23,25-27,29,31-33,35,37-39,41-42,44-52H2,1-3H3/b11-8-,18-16-,24-22-,30-28-,36-34-,43-40-. The van der Waals surface area contributed by atoms with E-state index in [1.165, 1.54) is 128 Å². The monoisotopic (exact) mass is 837 g/mol. The second-order valence-corrected chi connectivity index (χ2v) is 16.7. The lowest BCUT2D eigenvalue weighted by atomic mass is 10.0. The maximum Gasteiger partial charge on any atom is 0.306 e. The van der Waals surface area contributed by atoms with Crippen LogP contribution in [0.3, 0.4) is 0 Å². The lowest BCUT2D eigenvalue weighted by Gasteiger charge is -2.18. The molecule has 0 aromatic carbocycles. The van der Waals surface area contributed by atoms with E-state index in [0.717, 1.165) is 70.6 Å². The quantitative estimate of drug-likeness (QED) is 0.0347. The van der Waals surface area contributed by atoms with E-state index >= 15 is 0 Å². The minimum atomic E-state index is -0.562. The zero-order chi connectivity index (χ0) is 43.5. The fourth-order valence-corrected chi connectivity index (χ4v) is 7.01. The topological polar surface area (TPSA) is 61.8 Å². The van der Waals surface area contributed by atoms with Crippen molar-refractivity contribution in [2.24, 2.45) is 0 Å². The first kappa shape index (κ1) is 57.3. The molecule has 0 fully saturated rings. The Morgan fingerprint density at radius 2 is 0.750 bits per heavy atom. The fourth-order valence-electron chi connectivity index (χ4n) is 7.01. The number of ether oxygens (including phenoxy) is 3. The van der Waals surface area contributed by atoms with Crippen molar-refractivity contribution in [1.29, 1.82) is 0 Å². The summed E-state index contributed by atoms with van der Waals surface area (Å²) in [4.78, 5) is 25.1. The molecule has 0 amide bonds. The Morgan fingerprint density at radius 1 is 0.383 bits per heavy atom. The van der Waals surface area contributed by atoms with Gasteiger partial charge in [0.1, 0.15) is 6.61 Å². The minimum absolute atomic E-state index is 0.0451. The lowest BCUT2D eigenvalue weighted by molar-refractivity contribution is -0.162. The number of allylic oxidation sites excluding steroid dienone is 12. The van der Waals surface area contributed by atoms with Crippen molar-refractivity contribution in [3.63, 3.8) is 0 Å². The maximum absolute atomic E-state index is 12.6. The van der Waals surface area contributed by atoms with Crippen LogP contribution in [0, 0.1) is 0 Å². The summed E-state index contributed by atoms with van der Waals surface area (Å²) in [6.45, 7) is 7.58. The first-order chi connectivity index (χ1) is 29.6. The van der Waals surface area contributed by atoms with Crippen LogP contribution in [-0.2, 0) is 23.8 Å². The summed E-state index contributed by atoms with van der Waals surface area (Å²) in [6.07, 6.45) is 65.3. The Balaban J connectivity index is 4.09. The highest BCUT2D eigenvalue weighted by Crippen LogP contribution is 2.15. The third-order valence-corrected chi connectivity index (χ3v) is 10.8. The maximum atomic E-state index is 12.6. The molecule has 0 bridgehead atoms. The Kier molecular flexibility index (Phi) is 48.4. The highest BCUT2D eigenvalue weighted by atomic mass is 16.6. The van der Waals surface area contributed by atoms with Gasteiger partial charge in [-0.05, 0) is 57.8 Å². The summed E-state index contributed by atoms with van der Waals surface area (Å²) in [5.74, 6) is -0.503. The molecule has 0 aliphatic heterocycles. The van der Waals surface area contributed by atoms with Gasteiger partial charge in [0.05, 0.1) is 6.61 Å². The van der Waals surface area contributed by atoms with Crippen molar-refractivity contribution in [1.82, 2.24) is 0 Å². The van der Waals surface area contributed by atoms with Crippen LogP contribution in [0.25, 0.3) is 0 Å². The number of hydrogen-bond acceptors (Lipinski definition) is 5. The normalized spacial score (nSPS) is 12.8. The molecule has 0 spiro atoms. The van der Waals surface area contributed by atoms with E-state index in [1.807, 2.05) is 6.08 Å². The van der Waals surface area contributed by atoms with Crippen molar-refractivity contribution in [2.75, 3.05) is 19.8 Å². The highest BCUT2D eigenvalue weighted by Gasteiger charge is 2.17. The molecule has 5 nitrogen and oxygen atoms in total. The van der Waals surface area contributed by atoms with E-state index in [-0.39, 0.29) is 25.2 Å².